The van der Waals surface area contributed by atoms with Gasteiger partial charge in [-0.2, -0.15) is 5.10 Å². The summed E-state index contributed by atoms with van der Waals surface area (Å²) in [6.45, 7) is 2.83. The molecule has 26 heavy (non-hydrogen) atoms. The van der Waals surface area contributed by atoms with Gasteiger partial charge in [0.1, 0.15) is 5.82 Å². The molecule has 1 aromatic carbocycles. The van der Waals surface area contributed by atoms with Crippen LogP contribution in [0.4, 0.5) is 16.3 Å². The van der Waals surface area contributed by atoms with Crippen molar-refractivity contribution in [2.45, 2.75) is 6.92 Å². The van der Waals surface area contributed by atoms with E-state index in [2.05, 4.69) is 31.2 Å². The summed E-state index contributed by atoms with van der Waals surface area (Å²) >= 11 is 5.99. The second-order valence-electron chi connectivity index (χ2n) is 5.47. The summed E-state index contributed by atoms with van der Waals surface area (Å²) in [5, 5.41) is 21.5. The Morgan fingerprint density at radius 1 is 1.12 bits per heavy atom. The first-order valence-electron chi connectivity index (χ1n) is 8.01. The van der Waals surface area contributed by atoms with Gasteiger partial charge < -0.3 is 16.0 Å². The van der Waals surface area contributed by atoms with Gasteiger partial charge in [0.15, 0.2) is 5.82 Å². The standard InChI is InChI=1S/C17H18ClN7O/c1-12-8-11-25(24-12)16-7-6-15(22-23-16)19-9-10-20-17(26)21-14-5-3-2-4-13(14)18/h2-8,11H,9-10H2,1H3,(H,19,22)(H2,20,21,26). The topological polar surface area (TPSA) is 96.8 Å². The zero-order chi connectivity index (χ0) is 18.4. The van der Waals surface area contributed by atoms with Crippen LogP contribution in [-0.4, -0.2) is 39.1 Å². The van der Waals surface area contributed by atoms with Crippen molar-refractivity contribution in [1.29, 1.82) is 0 Å². The zero-order valence-electron chi connectivity index (χ0n) is 14.1. The Balaban J connectivity index is 1.42. The number of rotatable bonds is 6. The van der Waals surface area contributed by atoms with Crippen molar-refractivity contribution in [3.8, 4) is 5.82 Å². The van der Waals surface area contributed by atoms with Crippen molar-refractivity contribution in [2.24, 2.45) is 0 Å². The van der Waals surface area contributed by atoms with Crippen molar-refractivity contribution < 1.29 is 4.79 Å². The first kappa shape index (κ1) is 17.7. The van der Waals surface area contributed by atoms with Gasteiger partial charge in [-0.1, -0.05) is 23.7 Å². The van der Waals surface area contributed by atoms with Crippen molar-refractivity contribution in [3.63, 3.8) is 0 Å². The van der Waals surface area contributed by atoms with Crippen molar-refractivity contribution >= 4 is 29.1 Å². The SMILES string of the molecule is Cc1ccn(-c2ccc(NCCNC(=O)Nc3ccccc3Cl)nn2)n1. The van der Waals surface area contributed by atoms with Crippen LogP contribution in [0.25, 0.3) is 5.82 Å². The van der Waals surface area contributed by atoms with Gasteiger partial charge in [0.25, 0.3) is 0 Å². The molecule has 3 aromatic rings. The predicted octanol–water partition coefficient (Wildman–Crippen LogP) is 2.86. The average Bonchev–Trinajstić information content (AvgIpc) is 3.08. The van der Waals surface area contributed by atoms with Crippen molar-refractivity contribution in [3.05, 3.63) is 59.4 Å². The third kappa shape index (κ3) is 4.70. The van der Waals surface area contributed by atoms with Gasteiger partial charge in [-0.05, 0) is 37.3 Å². The molecule has 0 aliphatic heterocycles. The Bertz CT molecular complexity index is 879. The minimum Gasteiger partial charge on any atom is -0.367 e. The highest BCUT2D eigenvalue weighted by Gasteiger charge is 2.04. The summed E-state index contributed by atoms with van der Waals surface area (Å²) in [5.74, 6) is 1.26. The predicted molar refractivity (Wildman–Crippen MR) is 101 cm³/mol. The molecule has 2 aromatic heterocycles. The molecule has 2 heterocycles. The van der Waals surface area contributed by atoms with Gasteiger partial charge in [0.05, 0.1) is 16.4 Å². The third-order valence-corrected chi connectivity index (χ3v) is 3.78. The van der Waals surface area contributed by atoms with Crippen LogP contribution in [-0.2, 0) is 0 Å². The second-order valence-corrected chi connectivity index (χ2v) is 5.87. The lowest BCUT2D eigenvalue weighted by molar-refractivity contribution is 0.252. The fourth-order valence-electron chi connectivity index (χ4n) is 2.18. The van der Waals surface area contributed by atoms with Gasteiger partial charge in [-0.15, -0.1) is 10.2 Å². The van der Waals surface area contributed by atoms with Crippen molar-refractivity contribution in [2.75, 3.05) is 23.7 Å². The minimum absolute atomic E-state index is 0.324. The summed E-state index contributed by atoms with van der Waals surface area (Å²) in [4.78, 5) is 11.8. The molecular formula is C17H18ClN7O. The third-order valence-electron chi connectivity index (χ3n) is 3.45. The van der Waals surface area contributed by atoms with Gasteiger partial charge in [0.2, 0.25) is 0 Å². The molecule has 8 nitrogen and oxygen atoms in total. The molecule has 0 saturated heterocycles. The maximum atomic E-state index is 11.8. The molecule has 0 bridgehead atoms. The number of halogens is 1. The number of carbonyl (C=O) groups is 1. The quantitative estimate of drug-likeness (QED) is 0.579. The highest BCUT2D eigenvalue weighted by Crippen LogP contribution is 2.19. The lowest BCUT2D eigenvalue weighted by Gasteiger charge is -2.09. The number of amides is 2. The van der Waals surface area contributed by atoms with Crippen LogP contribution in [0.1, 0.15) is 5.69 Å². The first-order valence-corrected chi connectivity index (χ1v) is 8.39. The highest BCUT2D eigenvalue weighted by molar-refractivity contribution is 6.33. The summed E-state index contributed by atoms with van der Waals surface area (Å²) in [7, 11) is 0. The minimum atomic E-state index is -0.324. The fourth-order valence-corrected chi connectivity index (χ4v) is 2.36. The Kier molecular flexibility index (Phi) is 5.65. The van der Waals surface area contributed by atoms with E-state index in [1.54, 1.807) is 28.9 Å². The van der Waals surface area contributed by atoms with E-state index in [1.807, 2.05) is 31.3 Å². The fraction of sp³-hybridized carbons (Fsp3) is 0.176. The largest absolute Gasteiger partial charge is 0.367 e. The van der Waals surface area contributed by atoms with Gasteiger partial charge >= 0.3 is 6.03 Å². The molecule has 3 rings (SSSR count). The molecule has 0 aliphatic rings. The van der Waals surface area contributed by atoms with E-state index in [9.17, 15) is 4.79 Å². The molecule has 0 unspecified atom stereocenters. The van der Waals surface area contributed by atoms with E-state index >= 15 is 0 Å². The molecule has 3 N–H and O–H groups in total. The van der Waals surface area contributed by atoms with Crippen LogP contribution in [0, 0.1) is 6.92 Å². The first-order chi connectivity index (χ1) is 12.6. The number of hydrogen-bond donors (Lipinski definition) is 3. The number of aryl methyl sites for hydroxylation is 1. The number of anilines is 2. The van der Waals surface area contributed by atoms with E-state index in [0.29, 0.717) is 35.4 Å². The Morgan fingerprint density at radius 3 is 2.65 bits per heavy atom. The Morgan fingerprint density at radius 2 is 1.96 bits per heavy atom. The van der Waals surface area contributed by atoms with Crippen LogP contribution in [0.15, 0.2) is 48.7 Å². The Hall–Kier alpha value is -3.13. The average molecular weight is 372 g/mol. The zero-order valence-corrected chi connectivity index (χ0v) is 14.9. The molecule has 0 atom stereocenters. The smallest absolute Gasteiger partial charge is 0.319 e. The molecule has 0 aliphatic carbocycles. The number of para-hydroxylation sites is 1. The number of nitrogens with one attached hydrogen (secondary N) is 3. The molecule has 0 fully saturated rings. The van der Waals surface area contributed by atoms with Crippen molar-refractivity contribution in [1.82, 2.24) is 25.3 Å². The van der Waals surface area contributed by atoms with Crippen LogP contribution >= 0.6 is 11.6 Å². The lowest BCUT2D eigenvalue weighted by Crippen LogP contribution is -2.32. The maximum Gasteiger partial charge on any atom is 0.319 e. The molecule has 0 saturated carbocycles. The van der Waals surface area contributed by atoms with E-state index in [-0.39, 0.29) is 6.03 Å². The summed E-state index contributed by atoms with van der Waals surface area (Å²) in [6, 6.07) is 12.3. The summed E-state index contributed by atoms with van der Waals surface area (Å²) in [5.41, 5.74) is 1.48. The number of carbonyl (C=O) groups excluding carboxylic acids is 1. The van der Waals surface area contributed by atoms with E-state index < -0.39 is 0 Å². The summed E-state index contributed by atoms with van der Waals surface area (Å²) < 4.78 is 1.66. The molecule has 0 radical (unpaired) electrons. The maximum absolute atomic E-state index is 11.8. The van der Waals surface area contributed by atoms with Gasteiger partial charge in [-0.25, -0.2) is 9.48 Å². The van der Waals surface area contributed by atoms with Gasteiger partial charge in [0, 0.05) is 19.3 Å². The summed E-state index contributed by atoms with van der Waals surface area (Å²) in [6.07, 6.45) is 1.83. The molecule has 0 spiro atoms. The monoisotopic (exact) mass is 371 g/mol. The van der Waals surface area contributed by atoms with Gasteiger partial charge in [-0.3, -0.25) is 0 Å². The van der Waals surface area contributed by atoms with E-state index in [4.69, 9.17) is 11.6 Å². The number of benzene rings is 1. The van der Waals surface area contributed by atoms with Crippen LogP contribution in [0.3, 0.4) is 0 Å². The highest BCUT2D eigenvalue weighted by atomic mass is 35.5. The van der Waals surface area contributed by atoms with E-state index in [0.717, 1.165) is 5.69 Å². The molecular weight excluding hydrogens is 354 g/mol. The number of nitrogens with zero attached hydrogens (tertiary/aromatic N) is 4. The molecule has 2 amide bonds. The second kappa shape index (κ2) is 8.30. The Labute approximate surface area is 155 Å². The molecule has 134 valence electrons. The normalized spacial score (nSPS) is 10.4. The lowest BCUT2D eigenvalue weighted by atomic mass is 10.3. The van der Waals surface area contributed by atoms with Crippen LogP contribution < -0.4 is 16.0 Å². The van der Waals surface area contributed by atoms with E-state index in [1.165, 1.54) is 0 Å². The number of urea groups is 1. The number of hydrogen-bond acceptors (Lipinski definition) is 5. The molecule has 9 heteroatoms. The van der Waals surface area contributed by atoms with Crippen LogP contribution in [0.5, 0.6) is 0 Å². The van der Waals surface area contributed by atoms with Crippen LogP contribution in [0.2, 0.25) is 5.02 Å². The number of aromatic nitrogens is 4.